The van der Waals surface area contributed by atoms with E-state index in [1.54, 1.807) is 25.3 Å². The van der Waals surface area contributed by atoms with Crippen molar-refractivity contribution >= 4 is 21.7 Å². The highest BCUT2D eigenvalue weighted by Gasteiger charge is 2.17. The monoisotopic (exact) mass is 400 g/mol. The molecule has 2 rings (SSSR count). The van der Waals surface area contributed by atoms with Crippen LogP contribution in [0.25, 0.3) is 0 Å². The lowest BCUT2D eigenvalue weighted by Gasteiger charge is -2.22. The van der Waals surface area contributed by atoms with Crippen molar-refractivity contribution in [3.63, 3.8) is 0 Å². The molecule has 1 saturated heterocycles. The van der Waals surface area contributed by atoms with Crippen LogP contribution in [0.1, 0.15) is 19.3 Å². The molecule has 0 amide bonds. The van der Waals surface area contributed by atoms with Crippen LogP contribution in [-0.2, 0) is 14.8 Å². The molecule has 1 aliphatic rings. The van der Waals surface area contributed by atoms with Crippen LogP contribution in [-0.4, -0.2) is 60.2 Å². The van der Waals surface area contributed by atoms with Gasteiger partial charge in [0.15, 0.2) is 17.5 Å². The third-order valence-corrected chi connectivity index (χ3v) is 5.43. The predicted molar refractivity (Wildman–Crippen MR) is 105 cm³/mol. The molecule has 0 aromatic heterocycles. The molecule has 0 radical (unpaired) electrons. The minimum Gasteiger partial charge on any atom is -0.493 e. The molecule has 0 aliphatic carbocycles. The van der Waals surface area contributed by atoms with Gasteiger partial charge in [0.05, 0.1) is 32.6 Å². The van der Waals surface area contributed by atoms with Crippen LogP contribution in [0, 0.1) is 0 Å². The Bertz CT molecular complexity index is 733. The van der Waals surface area contributed by atoms with Gasteiger partial charge >= 0.3 is 0 Å². The Morgan fingerprint density at radius 1 is 1.30 bits per heavy atom. The van der Waals surface area contributed by atoms with E-state index in [2.05, 4.69) is 15.0 Å². The number of nitrogens with zero attached hydrogens (tertiary/aromatic N) is 1. The van der Waals surface area contributed by atoms with E-state index >= 15 is 0 Å². The van der Waals surface area contributed by atoms with Crippen molar-refractivity contribution in [2.24, 2.45) is 10.7 Å². The Morgan fingerprint density at radius 3 is 2.74 bits per heavy atom. The first-order valence-corrected chi connectivity index (χ1v) is 10.5. The summed E-state index contributed by atoms with van der Waals surface area (Å²) in [7, 11) is -0.338. The number of rotatable bonds is 9. The maximum Gasteiger partial charge on any atom is 0.213 e. The highest BCUT2D eigenvalue weighted by atomic mass is 32.2. The lowest BCUT2D eigenvalue weighted by atomic mass is 10.1. The van der Waals surface area contributed by atoms with Crippen LogP contribution in [0.2, 0.25) is 0 Å². The van der Waals surface area contributed by atoms with Gasteiger partial charge < -0.3 is 25.3 Å². The van der Waals surface area contributed by atoms with Crippen LogP contribution in [0.15, 0.2) is 23.2 Å². The van der Waals surface area contributed by atoms with Crippen LogP contribution < -0.4 is 25.2 Å². The van der Waals surface area contributed by atoms with E-state index in [-0.39, 0.29) is 24.4 Å². The molecule has 10 heteroatoms. The van der Waals surface area contributed by atoms with E-state index in [0.29, 0.717) is 30.3 Å². The molecular formula is C17H28N4O5S. The van der Waals surface area contributed by atoms with Gasteiger partial charge in [-0.25, -0.2) is 13.1 Å². The number of aliphatic imine (C=N–C) groups is 1. The molecule has 4 N–H and O–H groups in total. The Hall–Kier alpha value is -2.04. The van der Waals surface area contributed by atoms with Crippen LogP contribution >= 0.6 is 0 Å². The van der Waals surface area contributed by atoms with E-state index in [0.717, 1.165) is 19.3 Å². The molecule has 0 spiro atoms. The first-order valence-electron chi connectivity index (χ1n) is 8.81. The minimum absolute atomic E-state index is 0.0474. The number of benzene rings is 1. The Morgan fingerprint density at radius 2 is 2.07 bits per heavy atom. The normalized spacial score (nSPS) is 18.1. The first kappa shape index (κ1) is 21.3. The van der Waals surface area contributed by atoms with Crippen molar-refractivity contribution in [3.8, 4) is 11.5 Å². The third kappa shape index (κ3) is 7.24. The summed E-state index contributed by atoms with van der Waals surface area (Å²) in [6, 6.07) is 5.20. The molecular weight excluding hydrogens is 372 g/mol. The molecule has 1 atom stereocenters. The maximum absolute atomic E-state index is 12.0. The number of sulfonamides is 1. The summed E-state index contributed by atoms with van der Waals surface area (Å²) in [6.45, 7) is 1.04. The molecule has 152 valence electrons. The number of hydrogen-bond acceptors (Lipinski definition) is 6. The summed E-state index contributed by atoms with van der Waals surface area (Å²) < 4.78 is 42.5. The number of ether oxygens (including phenoxy) is 3. The molecule has 1 aromatic rings. The third-order valence-electron chi connectivity index (χ3n) is 4.10. The Labute approximate surface area is 160 Å². The van der Waals surface area contributed by atoms with Crippen molar-refractivity contribution in [1.82, 2.24) is 4.72 Å². The molecule has 1 heterocycles. The van der Waals surface area contributed by atoms with Gasteiger partial charge in [0.1, 0.15) is 0 Å². The zero-order chi connectivity index (χ0) is 19.7. The summed E-state index contributed by atoms with van der Waals surface area (Å²) in [5, 5.41) is 2.89. The molecule has 1 aliphatic heterocycles. The Balaban J connectivity index is 1.80. The highest BCUT2D eigenvalue weighted by molar-refractivity contribution is 7.89. The summed E-state index contributed by atoms with van der Waals surface area (Å²) in [5.41, 5.74) is 6.48. The predicted octanol–water partition coefficient (Wildman–Crippen LogP) is 0.919. The second-order valence-corrected chi connectivity index (χ2v) is 8.04. The van der Waals surface area contributed by atoms with Gasteiger partial charge in [-0.1, -0.05) is 0 Å². The summed E-state index contributed by atoms with van der Waals surface area (Å²) in [6.07, 6.45) is 2.93. The van der Waals surface area contributed by atoms with Gasteiger partial charge in [-0.15, -0.1) is 0 Å². The maximum atomic E-state index is 12.0. The lowest BCUT2D eigenvalue weighted by molar-refractivity contribution is 0.0200. The molecule has 27 heavy (non-hydrogen) atoms. The van der Waals surface area contributed by atoms with Gasteiger partial charge in [-0.05, 0) is 31.4 Å². The van der Waals surface area contributed by atoms with E-state index in [1.807, 2.05) is 0 Å². The van der Waals surface area contributed by atoms with Crippen molar-refractivity contribution in [2.75, 3.05) is 45.0 Å². The average Bonchev–Trinajstić information content (AvgIpc) is 2.67. The zero-order valence-corrected chi connectivity index (χ0v) is 16.5. The standard InChI is InChI=1S/C17H28N4O5S/c1-24-15-7-6-13(11-16(15)25-2)21-17(18)19-8-10-27(22,23)20-12-14-5-3-4-9-26-14/h6-7,11,14,20H,3-5,8-10,12H2,1-2H3,(H3,18,19,21). The Kier molecular flexibility index (Phi) is 8.14. The van der Waals surface area contributed by atoms with Crippen LogP contribution in [0.5, 0.6) is 11.5 Å². The quantitative estimate of drug-likeness (QED) is 0.416. The van der Waals surface area contributed by atoms with Gasteiger partial charge in [-0.2, -0.15) is 0 Å². The second-order valence-electron chi connectivity index (χ2n) is 6.12. The minimum atomic E-state index is -3.43. The van der Waals surface area contributed by atoms with Crippen LogP contribution in [0.4, 0.5) is 5.69 Å². The van der Waals surface area contributed by atoms with E-state index in [1.165, 1.54) is 7.11 Å². The molecule has 1 aromatic carbocycles. The number of nitrogens with one attached hydrogen (secondary N) is 2. The van der Waals surface area contributed by atoms with Gasteiger partial charge in [0.2, 0.25) is 10.0 Å². The van der Waals surface area contributed by atoms with Gasteiger partial charge in [0, 0.05) is 24.9 Å². The summed E-state index contributed by atoms with van der Waals surface area (Å²) >= 11 is 0. The number of hydrogen-bond donors (Lipinski definition) is 3. The van der Waals surface area contributed by atoms with Crippen molar-refractivity contribution in [2.45, 2.75) is 25.4 Å². The van der Waals surface area contributed by atoms with Crippen molar-refractivity contribution in [1.29, 1.82) is 0 Å². The molecule has 1 fully saturated rings. The number of anilines is 1. The molecule has 0 saturated carbocycles. The number of guanidine groups is 1. The highest BCUT2D eigenvalue weighted by Crippen LogP contribution is 2.29. The van der Waals surface area contributed by atoms with Crippen LogP contribution in [0.3, 0.4) is 0 Å². The fraction of sp³-hybridized carbons (Fsp3) is 0.588. The zero-order valence-electron chi connectivity index (χ0n) is 15.7. The SMILES string of the molecule is COc1ccc(NC(N)=NCCS(=O)(=O)NCC2CCCCO2)cc1OC. The smallest absolute Gasteiger partial charge is 0.213 e. The molecule has 9 nitrogen and oxygen atoms in total. The second kappa shape index (κ2) is 10.3. The van der Waals surface area contributed by atoms with E-state index in [4.69, 9.17) is 19.9 Å². The van der Waals surface area contributed by atoms with Gasteiger partial charge in [-0.3, -0.25) is 4.99 Å². The number of methoxy groups -OCH3 is 2. The topological polar surface area (TPSA) is 124 Å². The number of nitrogens with two attached hydrogens (primary N) is 1. The van der Waals surface area contributed by atoms with Crippen molar-refractivity contribution in [3.05, 3.63) is 18.2 Å². The summed E-state index contributed by atoms with van der Waals surface area (Å²) in [5.74, 6) is 1.12. The lowest BCUT2D eigenvalue weighted by Crippen LogP contribution is -2.37. The van der Waals surface area contributed by atoms with Gasteiger partial charge in [0.25, 0.3) is 0 Å². The van der Waals surface area contributed by atoms with E-state index in [9.17, 15) is 8.42 Å². The fourth-order valence-electron chi connectivity index (χ4n) is 2.65. The first-order chi connectivity index (χ1) is 12.9. The molecule has 1 unspecified atom stereocenters. The average molecular weight is 401 g/mol. The fourth-order valence-corrected chi connectivity index (χ4v) is 3.56. The summed E-state index contributed by atoms with van der Waals surface area (Å²) in [4.78, 5) is 4.06. The molecule has 0 bridgehead atoms. The van der Waals surface area contributed by atoms with E-state index < -0.39 is 10.0 Å². The van der Waals surface area contributed by atoms with Crippen molar-refractivity contribution < 1.29 is 22.6 Å². The largest absolute Gasteiger partial charge is 0.493 e.